The number of hydrogen-bond acceptors (Lipinski definition) is 2. The van der Waals surface area contributed by atoms with Crippen LogP contribution in [-0.2, 0) is 12.4 Å². The summed E-state index contributed by atoms with van der Waals surface area (Å²) in [4.78, 5) is 16.0. The zero-order valence-corrected chi connectivity index (χ0v) is 11.5. The molecular weight excluding hydrogens is 262 g/mol. The molecule has 0 aliphatic carbocycles. The summed E-state index contributed by atoms with van der Waals surface area (Å²) in [5.74, 6) is 0.325. The van der Waals surface area contributed by atoms with Gasteiger partial charge in [-0.2, -0.15) is 0 Å². The van der Waals surface area contributed by atoms with Gasteiger partial charge in [0.1, 0.15) is 0 Å². The number of nitrogens with zero attached hydrogens (tertiary/aromatic N) is 2. The Morgan fingerprint density at radius 2 is 2.37 bits per heavy atom. The predicted octanol–water partition coefficient (Wildman–Crippen LogP) is 2.44. The SMILES string of the molecule is CC(Cn1ccnc1)NC(=O)c1cccc(CCl)c1. The number of benzene rings is 1. The largest absolute Gasteiger partial charge is 0.348 e. The lowest BCUT2D eigenvalue weighted by Crippen LogP contribution is -2.35. The molecule has 2 rings (SSSR count). The van der Waals surface area contributed by atoms with Gasteiger partial charge >= 0.3 is 0 Å². The maximum Gasteiger partial charge on any atom is 0.251 e. The van der Waals surface area contributed by atoms with E-state index in [9.17, 15) is 4.79 Å². The summed E-state index contributed by atoms with van der Waals surface area (Å²) in [6.45, 7) is 2.66. The average molecular weight is 278 g/mol. The third-order valence-electron chi connectivity index (χ3n) is 2.76. The third-order valence-corrected chi connectivity index (χ3v) is 3.07. The van der Waals surface area contributed by atoms with Crippen molar-refractivity contribution in [1.29, 1.82) is 0 Å². The highest BCUT2D eigenvalue weighted by atomic mass is 35.5. The highest BCUT2D eigenvalue weighted by Gasteiger charge is 2.10. The molecular formula is C14H16ClN3O. The fourth-order valence-corrected chi connectivity index (χ4v) is 2.03. The van der Waals surface area contributed by atoms with Crippen LogP contribution in [0.1, 0.15) is 22.8 Å². The Morgan fingerprint density at radius 3 is 3.05 bits per heavy atom. The van der Waals surface area contributed by atoms with Gasteiger partial charge in [-0.25, -0.2) is 4.98 Å². The van der Waals surface area contributed by atoms with Crippen molar-refractivity contribution >= 4 is 17.5 Å². The molecule has 1 atom stereocenters. The highest BCUT2D eigenvalue weighted by Crippen LogP contribution is 2.08. The highest BCUT2D eigenvalue weighted by molar-refractivity contribution is 6.17. The van der Waals surface area contributed by atoms with Crippen LogP contribution in [0.4, 0.5) is 0 Å². The van der Waals surface area contributed by atoms with E-state index in [0.717, 1.165) is 5.56 Å². The predicted molar refractivity (Wildman–Crippen MR) is 75.2 cm³/mol. The first-order valence-electron chi connectivity index (χ1n) is 6.10. The maximum atomic E-state index is 12.1. The summed E-state index contributed by atoms with van der Waals surface area (Å²) >= 11 is 5.76. The van der Waals surface area contributed by atoms with Gasteiger partial charge in [-0.15, -0.1) is 11.6 Å². The minimum absolute atomic E-state index is 0.0290. The lowest BCUT2D eigenvalue weighted by Gasteiger charge is -2.14. The van der Waals surface area contributed by atoms with Crippen LogP contribution >= 0.6 is 11.6 Å². The molecule has 100 valence electrons. The molecule has 2 aromatic rings. The Bertz CT molecular complexity index is 539. The summed E-state index contributed by atoms with van der Waals surface area (Å²) in [6.07, 6.45) is 5.33. The molecule has 1 aromatic heterocycles. The Balaban J connectivity index is 1.96. The van der Waals surface area contributed by atoms with Gasteiger partial charge in [0.05, 0.1) is 6.33 Å². The Labute approximate surface area is 117 Å². The molecule has 5 heteroatoms. The molecule has 1 unspecified atom stereocenters. The van der Waals surface area contributed by atoms with Crippen LogP contribution in [-0.4, -0.2) is 21.5 Å². The van der Waals surface area contributed by atoms with Crippen molar-refractivity contribution in [2.45, 2.75) is 25.4 Å². The fourth-order valence-electron chi connectivity index (χ4n) is 1.86. The van der Waals surface area contributed by atoms with E-state index >= 15 is 0 Å². The molecule has 19 heavy (non-hydrogen) atoms. The topological polar surface area (TPSA) is 46.9 Å². The van der Waals surface area contributed by atoms with Crippen molar-refractivity contribution in [3.8, 4) is 0 Å². The van der Waals surface area contributed by atoms with Crippen molar-refractivity contribution in [2.24, 2.45) is 0 Å². The Kier molecular flexibility index (Phi) is 4.58. The number of nitrogens with one attached hydrogen (secondary N) is 1. The van der Waals surface area contributed by atoms with E-state index in [2.05, 4.69) is 10.3 Å². The van der Waals surface area contributed by atoms with Gasteiger partial charge in [-0.3, -0.25) is 4.79 Å². The number of alkyl halides is 1. The summed E-state index contributed by atoms with van der Waals surface area (Å²) in [5.41, 5.74) is 1.58. The molecule has 0 bridgehead atoms. The number of imidazole rings is 1. The van der Waals surface area contributed by atoms with Crippen LogP contribution in [0.2, 0.25) is 0 Å². The standard InChI is InChI=1S/C14H16ClN3O/c1-11(9-18-6-5-16-10-18)17-14(19)13-4-2-3-12(7-13)8-15/h2-7,10-11H,8-9H2,1H3,(H,17,19). The van der Waals surface area contributed by atoms with Gasteiger partial charge in [0.25, 0.3) is 5.91 Å². The number of carbonyl (C=O) groups excluding carboxylic acids is 1. The number of carbonyl (C=O) groups is 1. The smallest absolute Gasteiger partial charge is 0.251 e. The van der Waals surface area contributed by atoms with Crippen LogP contribution in [0.3, 0.4) is 0 Å². The summed E-state index contributed by atoms with van der Waals surface area (Å²) in [7, 11) is 0. The Morgan fingerprint density at radius 1 is 1.53 bits per heavy atom. The lowest BCUT2D eigenvalue weighted by atomic mass is 10.1. The van der Waals surface area contributed by atoms with E-state index in [1.165, 1.54) is 0 Å². The second-order valence-corrected chi connectivity index (χ2v) is 4.74. The summed E-state index contributed by atoms with van der Waals surface area (Å²) in [5, 5.41) is 2.96. The van der Waals surface area contributed by atoms with Gasteiger partial charge in [0.15, 0.2) is 0 Å². The van der Waals surface area contributed by atoms with Crippen molar-refractivity contribution < 1.29 is 4.79 Å². The first-order valence-corrected chi connectivity index (χ1v) is 6.64. The molecule has 4 nitrogen and oxygen atoms in total. The molecule has 0 aliphatic heterocycles. The van der Waals surface area contributed by atoms with Crippen LogP contribution in [0, 0.1) is 0 Å². The van der Waals surface area contributed by atoms with Gasteiger partial charge in [-0.05, 0) is 24.6 Å². The average Bonchev–Trinajstić information content (AvgIpc) is 2.91. The molecule has 0 spiro atoms. The number of hydrogen-bond donors (Lipinski definition) is 1. The van der Waals surface area contributed by atoms with E-state index < -0.39 is 0 Å². The van der Waals surface area contributed by atoms with Crippen molar-refractivity contribution in [3.05, 3.63) is 54.1 Å². The third kappa shape index (κ3) is 3.83. The van der Waals surface area contributed by atoms with Gasteiger partial charge in [0, 0.05) is 36.4 Å². The van der Waals surface area contributed by atoms with Gasteiger partial charge in [-0.1, -0.05) is 12.1 Å². The molecule has 1 N–H and O–H groups in total. The normalized spacial score (nSPS) is 12.1. The van der Waals surface area contributed by atoms with E-state index in [1.54, 1.807) is 18.6 Å². The lowest BCUT2D eigenvalue weighted by molar-refractivity contribution is 0.0936. The van der Waals surface area contributed by atoms with E-state index in [-0.39, 0.29) is 11.9 Å². The van der Waals surface area contributed by atoms with E-state index in [4.69, 9.17) is 11.6 Å². The second-order valence-electron chi connectivity index (χ2n) is 4.47. The number of amides is 1. The zero-order chi connectivity index (χ0) is 13.7. The quantitative estimate of drug-likeness (QED) is 0.854. The maximum absolute atomic E-state index is 12.1. The first kappa shape index (κ1) is 13.6. The van der Waals surface area contributed by atoms with Crippen LogP contribution in [0.15, 0.2) is 43.0 Å². The molecule has 0 saturated carbocycles. The number of aromatic nitrogens is 2. The molecule has 1 heterocycles. The van der Waals surface area contributed by atoms with Crippen molar-refractivity contribution in [1.82, 2.24) is 14.9 Å². The van der Waals surface area contributed by atoms with Crippen LogP contribution in [0.25, 0.3) is 0 Å². The molecule has 1 amide bonds. The molecule has 0 aliphatic rings. The molecule has 0 radical (unpaired) electrons. The second kappa shape index (κ2) is 6.38. The van der Waals surface area contributed by atoms with E-state index in [0.29, 0.717) is 18.0 Å². The molecule has 0 fully saturated rings. The number of halogens is 1. The van der Waals surface area contributed by atoms with Crippen LogP contribution in [0.5, 0.6) is 0 Å². The minimum Gasteiger partial charge on any atom is -0.348 e. The van der Waals surface area contributed by atoms with Crippen molar-refractivity contribution in [2.75, 3.05) is 0 Å². The van der Waals surface area contributed by atoms with Gasteiger partial charge < -0.3 is 9.88 Å². The molecule has 0 saturated heterocycles. The monoisotopic (exact) mass is 277 g/mol. The van der Waals surface area contributed by atoms with E-state index in [1.807, 2.05) is 35.9 Å². The minimum atomic E-state index is -0.0837. The van der Waals surface area contributed by atoms with Crippen LogP contribution < -0.4 is 5.32 Å². The van der Waals surface area contributed by atoms with Gasteiger partial charge in [0.2, 0.25) is 0 Å². The zero-order valence-electron chi connectivity index (χ0n) is 10.7. The first-order chi connectivity index (χ1) is 9.19. The fraction of sp³-hybridized carbons (Fsp3) is 0.286. The summed E-state index contributed by atoms with van der Waals surface area (Å²) < 4.78 is 1.93. The summed E-state index contributed by atoms with van der Waals surface area (Å²) in [6, 6.07) is 7.37. The Hall–Kier alpha value is -1.81. The van der Waals surface area contributed by atoms with Crippen molar-refractivity contribution in [3.63, 3.8) is 0 Å². The number of rotatable bonds is 5. The molecule has 1 aromatic carbocycles.